The summed E-state index contributed by atoms with van der Waals surface area (Å²) >= 11 is 3.45. The van der Waals surface area contributed by atoms with E-state index in [-0.39, 0.29) is 24.1 Å². The van der Waals surface area contributed by atoms with Gasteiger partial charge in [-0.2, -0.15) is 0 Å². The molecule has 3 amide bonds. The Hall–Kier alpha value is -2.67. The lowest BCUT2D eigenvalue weighted by Gasteiger charge is -2.18. The molecule has 3 rings (SSSR count). The van der Waals surface area contributed by atoms with E-state index in [2.05, 4.69) is 21.2 Å². The first-order chi connectivity index (χ1) is 12.9. The Morgan fingerprint density at radius 2 is 1.78 bits per heavy atom. The second kappa shape index (κ2) is 7.92. The number of rotatable bonds is 4. The fraction of sp³-hybridized carbons (Fsp3) is 0.250. The number of nitrogens with zero attached hydrogens (tertiary/aromatic N) is 2. The number of para-hydroxylation sites is 1. The number of hydrogen-bond acceptors (Lipinski definition) is 3. The summed E-state index contributed by atoms with van der Waals surface area (Å²) < 4.78 is 0.820. The molecule has 1 unspecified atom stereocenters. The van der Waals surface area contributed by atoms with Gasteiger partial charge in [0.2, 0.25) is 11.8 Å². The number of halogens is 1. The summed E-state index contributed by atoms with van der Waals surface area (Å²) in [7, 11) is 3.37. The van der Waals surface area contributed by atoms with Crippen molar-refractivity contribution in [3.8, 4) is 0 Å². The van der Waals surface area contributed by atoms with Crippen molar-refractivity contribution in [2.24, 2.45) is 5.92 Å². The van der Waals surface area contributed by atoms with Crippen molar-refractivity contribution >= 4 is 45.0 Å². The summed E-state index contributed by atoms with van der Waals surface area (Å²) in [6.07, 6.45) is 0.171. The van der Waals surface area contributed by atoms with Crippen LogP contribution in [0.3, 0.4) is 0 Å². The molecule has 7 heteroatoms. The van der Waals surface area contributed by atoms with Crippen LogP contribution in [0.2, 0.25) is 0 Å². The van der Waals surface area contributed by atoms with Crippen molar-refractivity contribution in [1.29, 1.82) is 0 Å². The first kappa shape index (κ1) is 19.1. The summed E-state index contributed by atoms with van der Waals surface area (Å²) in [6.45, 7) is 0.338. The molecule has 1 aliphatic heterocycles. The summed E-state index contributed by atoms with van der Waals surface area (Å²) in [5.41, 5.74) is 1.92. The van der Waals surface area contributed by atoms with Crippen molar-refractivity contribution in [2.75, 3.05) is 30.9 Å². The lowest BCUT2D eigenvalue weighted by Crippen LogP contribution is -2.28. The maximum Gasteiger partial charge on any atom is 0.253 e. The SMILES string of the molecule is CN(C)C(=O)c1ccc(NC(=O)C2CC(=O)N(c3ccccc3Br)C2)cc1. The highest BCUT2D eigenvalue weighted by molar-refractivity contribution is 9.10. The third-order valence-electron chi connectivity index (χ3n) is 4.44. The average molecular weight is 430 g/mol. The monoisotopic (exact) mass is 429 g/mol. The maximum atomic E-state index is 12.6. The minimum atomic E-state index is -0.423. The molecule has 2 aromatic carbocycles. The molecule has 1 fully saturated rings. The number of anilines is 2. The Balaban J connectivity index is 1.66. The summed E-state index contributed by atoms with van der Waals surface area (Å²) in [4.78, 5) is 40.0. The van der Waals surface area contributed by atoms with E-state index in [1.807, 2.05) is 24.3 Å². The Morgan fingerprint density at radius 3 is 2.41 bits per heavy atom. The van der Waals surface area contributed by atoms with Gasteiger partial charge in [-0.3, -0.25) is 14.4 Å². The zero-order chi connectivity index (χ0) is 19.6. The highest BCUT2D eigenvalue weighted by Crippen LogP contribution is 2.31. The Bertz CT molecular complexity index is 880. The van der Waals surface area contributed by atoms with Crippen molar-refractivity contribution in [1.82, 2.24) is 4.90 Å². The first-order valence-electron chi connectivity index (χ1n) is 8.54. The van der Waals surface area contributed by atoms with Gasteiger partial charge in [0.1, 0.15) is 0 Å². The molecule has 6 nitrogen and oxygen atoms in total. The topological polar surface area (TPSA) is 69.7 Å². The third-order valence-corrected chi connectivity index (χ3v) is 5.12. The molecule has 27 heavy (non-hydrogen) atoms. The van der Waals surface area contributed by atoms with Crippen LogP contribution in [-0.2, 0) is 9.59 Å². The van der Waals surface area contributed by atoms with E-state index in [0.717, 1.165) is 10.2 Å². The van der Waals surface area contributed by atoms with Crippen molar-refractivity contribution in [3.05, 3.63) is 58.6 Å². The second-order valence-electron chi connectivity index (χ2n) is 6.62. The molecule has 1 heterocycles. The highest BCUT2D eigenvalue weighted by Gasteiger charge is 2.35. The molecule has 0 spiro atoms. The highest BCUT2D eigenvalue weighted by atomic mass is 79.9. The molecule has 0 radical (unpaired) electrons. The van der Waals surface area contributed by atoms with Crippen LogP contribution >= 0.6 is 15.9 Å². The van der Waals surface area contributed by atoms with Crippen LogP contribution in [0.1, 0.15) is 16.8 Å². The standard InChI is InChI=1S/C20H20BrN3O3/c1-23(2)20(27)13-7-9-15(10-8-13)22-19(26)14-11-18(25)24(12-14)17-6-4-3-5-16(17)21/h3-10,14H,11-12H2,1-2H3,(H,22,26). The van der Waals surface area contributed by atoms with Gasteiger partial charge in [-0.1, -0.05) is 12.1 Å². The normalized spacial score (nSPS) is 16.3. The Morgan fingerprint density at radius 1 is 1.11 bits per heavy atom. The first-order valence-corrected chi connectivity index (χ1v) is 9.33. The van der Waals surface area contributed by atoms with E-state index in [1.165, 1.54) is 4.90 Å². The third kappa shape index (κ3) is 4.19. The van der Waals surface area contributed by atoms with Gasteiger partial charge in [0.25, 0.3) is 5.91 Å². The molecular weight excluding hydrogens is 410 g/mol. The minimum absolute atomic E-state index is 0.0750. The number of carbonyl (C=O) groups is 3. The number of amides is 3. The zero-order valence-corrected chi connectivity index (χ0v) is 16.7. The van der Waals surface area contributed by atoms with E-state index >= 15 is 0 Å². The molecule has 2 aromatic rings. The Labute approximate surface area is 166 Å². The van der Waals surface area contributed by atoms with E-state index in [4.69, 9.17) is 0 Å². The van der Waals surface area contributed by atoms with Gasteiger partial charge in [-0.25, -0.2) is 0 Å². The van der Waals surface area contributed by atoms with E-state index in [9.17, 15) is 14.4 Å². The molecule has 140 valence electrons. The molecule has 1 atom stereocenters. The van der Waals surface area contributed by atoms with E-state index < -0.39 is 5.92 Å². The van der Waals surface area contributed by atoms with Crippen LogP contribution in [0.25, 0.3) is 0 Å². The largest absolute Gasteiger partial charge is 0.345 e. The summed E-state index contributed by atoms with van der Waals surface area (Å²) in [5, 5.41) is 2.83. The number of benzene rings is 2. The van der Waals surface area contributed by atoms with Gasteiger partial charge >= 0.3 is 0 Å². The van der Waals surface area contributed by atoms with Crippen LogP contribution in [0.15, 0.2) is 53.0 Å². The van der Waals surface area contributed by atoms with Gasteiger partial charge in [-0.15, -0.1) is 0 Å². The van der Waals surface area contributed by atoms with Crippen molar-refractivity contribution in [3.63, 3.8) is 0 Å². The van der Waals surface area contributed by atoms with Crippen molar-refractivity contribution < 1.29 is 14.4 Å². The van der Waals surface area contributed by atoms with Crippen LogP contribution in [-0.4, -0.2) is 43.3 Å². The smallest absolute Gasteiger partial charge is 0.253 e. The van der Waals surface area contributed by atoms with Crippen LogP contribution in [0, 0.1) is 5.92 Å². The summed E-state index contributed by atoms with van der Waals surface area (Å²) in [5.74, 6) is -0.801. The molecule has 1 N–H and O–H groups in total. The van der Waals surface area contributed by atoms with Crippen LogP contribution in [0.4, 0.5) is 11.4 Å². The second-order valence-corrected chi connectivity index (χ2v) is 7.48. The van der Waals surface area contributed by atoms with Gasteiger partial charge in [-0.05, 0) is 52.3 Å². The lowest BCUT2D eigenvalue weighted by molar-refractivity contribution is -0.122. The van der Waals surface area contributed by atoms with Crippen molar-refractivity contribution in [2.45, 2.75) is 6.42 Å². The van der Waals surface area contributed by atoms with Gasteiger partial charge < -0.3 is 15.1 Å². The van der Waals surface area contributed by atoms with E-state index in [1.54, 1.807) is 43.3 Å². The molecule has 0 aromatic heterocycles. The molecule has 1 saturated heterocycles. The quantitative estimate of drug-likeness (QED) is 0.811. The number of nitrogens with one attached hydrogen (secondary N) is 1. The van der Waals surface area contributed by atoms with Gasteiger partial charge in [0, 0.05) is 42.8 Å². The zero-order valence-electron chi connectivity index (χ0n) is 15.1. The van der Waals surface area contributed by atoms with Crippen LogP contribution in [0.5, 0.6) is 0 Å². The fourth-order valence-corrected chi connectivity index (χ4v) is 3.48. The molecule has 0 aliphatic carbocycles. The average Bonchev–Trinajstić information content (AvgIpc) is 3.04. The lowest BCUT2D eigenvalue weighted by atomic mass is 10.1. The molecular formula is C20H20BrN3O3. The Kier molecular flexibility index (Phi) is 5.60. The summed E-state index contributed by atoms with van der Waals surface area (Å²) in [6, 6.07) is 14.2. The van der Waals surface area contributed by atoms with Crippen LogP contribution < -0.4 is 10.2 Å². The number of carbonyl (C=O) groups excluding carboxylic acids is 3. The van der Waals surface area contributed by atoms with Gasteiger partial charge in [0.05, 0.1) is 11.6 Å². The predicted molar refractivity (Wildman–Crippen MR) is 108 cm³/mol. The molecule has 0 bridgehead atoms. The minimum Gasteiger partial charge on any atom is -0.345 e. The fourth-order valence-electron chi connectivity index (χ4n) is 2.99. The van der Waals surface area contributed by atoms with E-state index in [0.29, 0.717) is 17.8 Å². The molecule has 0 saturated carbocycles. The predicted octanol–water partition coefficient (Wildman–Crippen LogP) is 3.14. The molecule has 1 aliphatic rings. The number of hydrogen-bond donors (Lipinski definition) is 1. The van der Waals surface area contributed by atoms with Gasteiger partial charge in [0.15, 0.2) is 0 Å². The maximum absolute atomic E-state index is 12.6.